The van der Waals surface area contributed by atoms with E-state index in [9.17, 15) is 4.79 Å². The van der Waals surface area contributed by atoms with Crippen LogP contribution in [0.2, 0.25) is 0 Å². The van der Waals surface area contributed by atoms with Gasteiger partial charge in [-0.05, 0) is 36.6 Å². The van der Waals surface area contributed by atoms with Gasteiger partial charge >= 0.3 is 0 Å². The van der Waals surface area contributed by atoms with Crippen LogP contribution in [0.3, 0.4) is 0 Å². The number of carbonyl (C=O) groups is 1. The number of rotatable bonds is 2. The number of amides is 1. The number of fused-ring (bicyclic) bond motifs is 2. The Morgan fingerprint density at radius 3 is 2.64 bits per heavy atom. The summed E-state index contributed by atoms with van der Waals surface area (Å²) < 4.78 is 17.8. The molecule has 0 unspecified atom stereocenters. The fraction of sp³-hybridized carbons (Fsp3) is 0.350. The molecule has 5 rings (SSSR count). The molecule has 1 saturated carbocycles. The summed E-state index contributed by atoms with van der Waals surface area (Å²) in [4.78, 5) is 12.5. The van der Waals surface area contributed by atoms with Crippen molar-refractivity contribution in [1.29, 1.82) is 0 Å². The van der Waals surface area contributed by atoms with Crippen molar-refractivity contribution in [3.63, 3.8) is 0 Å². The van der Waals surface area contributed by atoms with Crippen LogP contribution in [0, 0.1) is 0 Å². The fourth-order valence-electron chi connectivity index (χ4n) is 3.84. The Morgan fingerprint density at radius 2 is 1.80 bits per heavy atom. The lowest BCUT2D eigenvalue weighted by Crippen LogP contribution is -2.34. The molecule has 2 aliphatic heterocycles. The highest BCUT2D eigenvalue weighted by molar-refractivity contribution is 5.95. The second-order valence-corrected chi connectivity index (χ2v) is 6.89. The van der Waals surface area contributed by atoms with Crippen molar-refractivity contribution < 1.29 is 19.0 Å². The zero-order chi connectivity index (χ0) is 16.9. The summed E-state index contributed by atoms with van der Waals surface area (Å²) in [7, 11) is 0. The minimum atomic E-state index is -0.496. The molecule has 1 spiro atoms. The summed E-state index contributed by atoms with van der Waals surface area (Å²) in [6.45, 7) is 0. The number of hydrogen-bond acceptors (Lipinski definition) is 4. The molecule has 2 heterocycles. The van der Waals surface area contributed by atoms with Crippen molar-refractivity contribution in [2.75, 3.05) is 5.32 Å². The van der Waals surface area contributed by atoms with Crippen LogP contribution in [0.25, 0.3) is 0 Å². The first-order valence-electron chi connectivity index (χ1n) is 8.78. The highest BCUT2D eigenvalue weighted by Gasteiger charge is 2.44. The topological polar surface area (TPSA) is 56.8 Å². The molecule has 1 atom stereocenters. The number of anilines is 1. The molecule has 1 fully saturated rings. The van der Waals surface area contributed by atoms with Crippen LogP contribution >= 0.6 is 0 Å². The molecule has 128 valence electrons. The van der Waals surface area contributed by atoms with Crippen LogP contribution in [0.4, 0.5) is 5.69 Å². The van der Waals surface area contributed by atoms with E-state index in [1.54, 1.807) is 0 Å². The van der Waals surface area contributed by atoms with Gasteiger partial charge in [-0.3, -0.25) is 4.79 Å². The minimum Gasteiger partial charge on any atom is -0.480 e. The smallest absolute Gasteiger partial charge is 0.265 e. The maximum Gasteiger partial charge on any atom is 0.265 e. The van der Waals surface area contributed by atoms with Gasteiger partial charge in [0.15, 0.2) is 17.6 Å². The van der Waals surface area contributed by atoms with Crippen molar-refractivity contribution in [2.45, 2.75) is 44.0 Å². The van der Waals surface area contributed by atoms with E-state index in [0.29, 0.717) is 17.9 Å². The molecule has 1 amide bonds. The van der Waals surface area contributed by atoms with Crippen LogP contribution in [0.5, 0.6) is 17.2 Å². The van der Waals surface area contributed by atoms with Gasteiger partial charge in [0.05, 0.1) is 0 Å². The molecule has 5 nitrogen and oxygen atoms in total. The lowest BCUT2D eigenvalue weighted by molar-refractivity contribution is -0.122. The van der Waals surface area contributed by atoms with Gasteiger partial charge in [-0.2, -0.15) is 0 Å². The molecule has 5 heteroatoms. The van der Waals surface area contributed by atoms with Crippen molar-refractivity contribution >= 4 is 11.6 Å². The second-order valence-electron chi connectivity index (χ2n) is 6.89. The van der Waals surface area contributed by atoms with Crippen LogP contribution in [-0.2, 0) is 11.2 Å². The third-order valence-electron chi connectivity index (χ3n) is 5.11. The second kappa shape index (κ2) is 5.41. The number of para-hydroxylation sites is 1. The van der Waals surface area contributed by atoms with Crippen LogP contribution in [-0.4, -0.2) is 17.8 Å². The Bertz CT molecular complexity index is 816. The molecule has 1 N–H and O–H groups in total. The number of carbonyl (C=O) groups excluding carboxylic acids is 1. The number of ether oxygens (including phenoxy) is 3. The Morgan fingerprint density at radius 1 is 1.00 bits per heavy atom. The molecule has 25 heavy (non-hydrogen) atoms. The normalized spacial score (nSPS) is 21.8. The quantitative estimate of drug-likeness (QED) is 0.908. The maximum atomic E-state index is 12.5. The van der Waals surface area contributed by atoms with Gasteiger partial charge in [0, 0.05) is 31.0 Å². The van der Waals surface area contributed by atoms with Crippen molar-refractivity contribution in [2.24, 2.45) is 0 Å². The largest absolute Gasteiger partial charge is 0.480 e. The van der Waals surface area contributed by atoms with Gasteiger partial charge in [-0.25, -0.2) is 0 Å². The van der Waals surface area contributed by atoms with Crippen LogP contribution in [0.15, 0.2) is 42.5 Å². The molecule has 3 aliphatic rings. The summed E-state index contributed by atoms with van der Waals surface area (Å²) in [6, 6.07) is 13.3. The molecule has 0 bridgehead atoms. The summed E-state index contributed by atoms with van der Waals surface area (Å²) >= 11 is 0. The van der Waals surface area contributed by atoms with Crippen molar-refractivity contribution in [1.82, 2.24) is 0 Å². The molecule has 1 aliphatic carbocycles. The number of benzene rings is 2. The highest BCUT2D eigenvalue weighted by Crippen LogP contribution is 2.47. The van der Waals surface area contributed by atoms with Gasteiger partial charge in [0.2, 0.25) is 0 Å². The monoisotopic (exact) mass is 337 g/mol. The summed E-state index contributed by atoms with van der Waals surface area (Å²) in [5.41, 5.74) is 1.76. The van der Waals surface area contributed by atoms with E-state index in [0.717, 1.165) is 42.7 Å². The Kier molecular flexibility index (Phi) is 3.17. The third kappa shape index (κ3) is 2.51. The SMILES string of the molecule is O=C(Nc1ccc2c(c1)OC1(CCCC1)O2)[C@H]1Cc2ccccc2O1. The summed E-state index contributed by atoms with van der Waals surface area (Å²) in [6.07, 6.45) is 4.17. The zero-order valence-corrected chi connectivity index (χ0v) is 13.8. The van der Waals surface area contributed by atoms with Gasteiger partial charge < -0.3 is 19.5 Å². The predicted octanol–water partition coefficient (Wildman–Crippen LogP) is 3.67. The first-order valence-corrected chi connectivity index (χ1v) is 8.78. The standard InChI is InChI=1S/C20H19NO4/c22-19(18-11-13-5-1-2-6-15(13)23-18)21-14-7-8-16-17(12-14)25-20(24-16)9-3-4-10-20/h1-2,5-8,12,18H,3-4,9-11H2,(H,21,22)/t18-/m1/s1. The number of nitrogens with one attached hydrogen (secondary N) is 1. The van der Waals surface area contributed by atoms with Gasteiger partial charge in [-0.15, -0.1) is 0 Å². The molecule has 0 radical (unpaired) electrons. The Labute approximate surface area is 145 Å². The van der Waals surface area contributed by atoms with Crippen LogP contribution in [0.1, 0.15) is 31.2 Å². The molecule has 2 aromatic rings. The molecular weight excluding hydrogens is 318 g/mol. The van der Waals surface area contributed by atoms with E-state index in [1.165, 1.54) is 0 Å². The van der Waals surface area contributed by atoms with Gasteiger partial charge in [-0.1, -0.05) is 18.2 Å². The van der Waals surface area contributed by atoms with Crippen LogP contribution < -0.4 is 19.5 Å². The fourth-order valence-corrected chi connectivity index (χ4v) is 3.84. The average Bonchev–Trinajstić information content (AvgIpc) is 3.32. The van der Waals surface area contributed by atoms with Gasteiger partial charge in [0.1, 0.15) is 5.75 Å². The van der Waals surface area contributed by atoms with E-state index in [-0.39, 0.29) is 5.91 Å². The lowest BCUT2D eigenvalue weighted by Gasteiger charge is -2.21. The van der Waals surface area contributed by atoms with E-state index in [2.05, 4.69) is 5.32 Å². The highest BCUT2D eigenvalue weighted by atomic mass is 16.7. The number of hydrogen-bond donors (Lipinski definition) is 1. The molecule has 0 aromatic heterocycles. The maximum absolute atomic E-state index is 12.5. The Balaban J connectivity index is 1.29. The first kappa shape index (κ1) is 14.6. The third-order valence-corrected chi connectivity index (χ3v) is 5.11. The zero-order valence-electron chi connectivity index (χ0n) is 13.8. The predicted molar refractivity (Wildman–Crippen MR) is 92.1 cm³/mol. The van der Waals surface area contributed by atoms with E-state index in [4.69, 9.17) is 14.2 Å². The van der Waals surface area contributed by atoms with Crippen molar-refractivity contribution in [3.05, 3.63) is 48.0 Å². The van der Waals surface area contributed by atoms with Crippen molar-refractivity contribution in [3.8, 4) is 17.2 Å². The lowest BCUT2D eigenvalue weighted by atomic mass is 10.1. The molecule has 0 saturated heterocycles. The Hall–Kier alpha value is -2.69. The average molecular weight is 337 g/mol. The van der Waals surface area contributed by atoms with E-state index >= 15 is 0 Å². The van der Waals surface area contributed by atoms with E-state index < -0.39 is 11.9 Å². The summed E-state index contributed by atoms with van der Waals surface area (Å²) in [5, 5.41) is 2.93. The summed E-state index contributed by atoms with van der Waals surface area (Å²) in [5.74, 6) is 1.61. The van der Waals surface area contributed by atoms with Gasteiger partial charge in [0.25, 0.3) is 11.7 Å². The first-order chi connectivity index (χ1) is 12.2. The van der Waals surface area contributed by atoms with E-state index in [1.807, 2.05) is 42.5 Å². The molecule has 2 aromatic carbocycles. The molecular formula is C20H19NO4. The minimum absolute atomic E-state index is 0.148.